The molecule has 2 aromatic carbocycles. The Kier molecular flexibility index (Phi) is 6.16. The first-order chi connectivity index (χ1) is 12.0. The molecule has 0 unspecified atom stereocenters. The average Bonchev–Trinajstić information content (AvgIpc) is 2.62. The average molecular weight is 342 g/mol. The van der Waals surface area contributed by atoms with E-state index in [9.17, 15) is 20.2 Å². The van der Waals surface area contributed by atoms with Gasteiger partial charge in [0.15, 0.2) is 0 Å². The first kappa shape index (κ1) is 18.1. The van der Waals surface area contributed by atoms with Crippen LogP contribution in [0.4, 0.5) is 17.1 Å². The molecule has 0 saturated carbocycles. The smallest absolute Gasteiger partial charge is 0.271 e. The van der Waals surface area contributed by atoms with Crippen LogP contribution in [-0.2, 0) is 0 Å². The van der Waals surface area contributed by atoms with Crippen LogP contribution in [0.15, 0.2) is 53.6 Å². The summed E-state index contributed by atoms with van der Waals surface area (Å²) in [4.78, 5) is 20.6. The molecule has 0 aliphatic heterocycles. The van der Waals surface area contributed by atoms with Gasteiger partial charge in [0.1, 0.15) is 5.69 Å². The summed E-state index contributed by atoms with van der Waals surface area (Å²) in [5.74, 6) is 0. The lowest BCUT2D eigenvalue weighted by molar-refractivity contribution is -0.393. The van der Waals surface area contributed by atoms with E-state index in [1.54, 1.807) is 0 Å². The number of nitrogens with zero attached hydrogens (tertiary/aromatic N) is 3. The first-order valence-corrected chi connectivity index (χ1v) is 7.83. The number of hydrazone groups is 1. The zero-order chi connectivity index (χ0) is 18.2. The molecule has 0 atom stereocenters. The van der Waals surface area contributed by atoms with E-state index in [2.05, 4.69) is 17.5 Å². The van der Waals surface area contributed by atoms with Crippen molar-refractivity contribution in [2.45, 2.75) is 26.2 Å². The number of nitrogens with one attached hydrogen (secondary N) is 1. The van der Waals surface area contributed by atoms with E-state index in [0.717, 1.165) is 30.2 Å². The zero-order valence-corrected chi connectivity index (χ0v) is 13.7. The molecular weight excluding hydrogens is 324 g/mol. The van der Waals surface area contributed by atoms with Crippen molar-refractivity contribution in [2.75, 3.05) is 5.43 Å². The van der Waals surface area contributed by atoms with Crippen molar-refractivity contribution in [3.63, 3.8) is 0 Å². The third-order valence-electron chi connectivity index (χ3n) is 3.57. The van der Waals surface area contributed by atoms with Crippen molar-refractivity contribution in [2.24, 2.45) is 5.10 Å². The molecule has 0 aromatic heterocycles. The van der Waals surface area contributed by atoms with Crippen LogP contribution in [0.5, 0.6) is 0 Å². The van der Waals surface area contributed by atoms with Gasteiger partial charge in [-0.15, -0.1) is 0 Å². The third-order valence-corrected chi connectivity index (χ3v) is 3.57. The number of hydrogen-bond donors (Lipinski definition) is 1. The maximum Gasteiger partial charge on any atom is 0.301 e. The molecule has 8 heteroatoms. The Bertz CT molecular complexity index is 790. The predicted molar refractivity (Wildman–Crippen MR) is 95.9 cm³/mol. The second kappa shape index (κ2) is 8.53. The molecule has 2 rings (SSSR count). The SMILES string of the molecule is CCCCC(=NNc1ccc([N+](=O)[O-])cc1[N+](=O)[O-])c1ccccc1. The molecule has 0 bridgehead atoms. The Labute approximate surface area is 144 Å². The number of anilines is 1. The highest BCUT2D eigenvalue weighted by molar-refractivity contribution is 6.01. The summed E-state index contributed by atoms with van der Waals surface area (Å²) in [6.07, 6.45) is 2.63. The van der Waals surface area contributed by atoms with Crippen LogP contribution in [0.1, 0.15) is 31.7 Å². The summed E-state index contributed by atoms with van der Waals surface area (Å²) in [6, 6.07) is 12.9. The zero-order valence-electron chi connectivity index (χ0n) is 13.7. The van der Waals surface area contributed by atoms with E-state index in [4.69, 9.17) is 0 Å². The first-order valence-electron chi connectivity index (χ1n) is 7.83. The predicted octanol–water partition coefficient (Wildman–Crippen LogP) is 4.51. The summed E-state index contributed by atoms with van der Waals surface area (Å²) in [7, 11) is 0. The van der Waals surface area contributed by atoms with Gasteiger partial charge in [0.2, 0.25) is 0 Å². The van der Waals surface area contributed by atoms with Gasteiger partial charge in [-0.25, -0.2) is 0 Å². The molecule has 0 radical (unpaired) electrons. The normalized spacial score (nSPS) is 11.2. The fourth-order valence-electron chi connectivity index (χ4n) is 2.25. The molecule has 130 valence electrons. The van der Waals surface area contributed by atoms with Crippen LogP contribution < -0.4 is 5.43 Å². The summed E-state index contributed by atoms with van der Waals surface area (Å²) in [5.41, 5.74) is 3.78. The number of rotatable bonds is 8. The van der Waals surface area contributed by atoms with E-state index in [-0.39, 0.29) is 17.1 Å². The largest absolute Gasteiger partial charge is 0.301 e. The van der Waals surface area contributed by atoms with E-state index >= 15 is 0 Å². The number of unbranched alkanes of at least 4 members (excludes halogenated alkanes) is 1. The van der Waals surface area contributed by atoms with Crippen LogP contribution in [0, 0.1) is 20.2 Å². The van der Waals surface area contributed by atoms with Crippen LogP contribution in [0.2, 0.25) is 0 Å². The van der Waals surface area contributed by atoms with E-state index < -0.39 is 9.85 Å². The van der Waals surface area contributed by atoms with Crippen molar-refractivity contribution in [1.29, 1.82) is 0 Å². The second-order valence-electron chi connectivity index (χ2n) is 5.36. The van der Waals surface area contributed by atoms with Gasteiger partial charge in [-0.1, -0.05) is 43.7 Å². The molecule has 25 heavy (non-hydrogen) atoms. The van der Waals surface area contributed by atoms with Crippen molar-refractivity contribution >= 4 is 22.8 Å². The van der Waals surface area contributed by atoms with Gasteiger partial charge in [-0.2, -0.15) is 5.10 Å². The monoisotopic (exact) mass is 342 g/mol. The number of nitro benzene ring substituents is 2. The van der Waals surface area contributed by atoms with Crippen LogP contribution in [0.3, 0.4) is 0 Å². The lowest BCUT2D eigenvalue weighted by Crippen LogP contribution is -2.06. The minimum Gasteiger partial charge on any atom is -0.271 e. The Balaban J connectivity index is 2.33. The minimum atomic E-state index is -0.670. The Morgan fingerprint density at radius 1 is 1.08 bits per heavy atom. The molecule has 0 aliphatic carbocycles. The fourth-order valence-corrected chi connectivity index (χ4v) is 2.25. The number of non-ortho nitro benzene ring substituents is 1. The van der Waals surface area contributed by atoms with E-state index in [1.807, 2.05) is 30.3 Å². The van der Waals surface area contributed by atoms with Gasteiger partial charge >= 0.3 is 5.69 Å². The van der Waals surface area contributed by atoms with Gasteiger partial charge in [0.05, 0.1) is 21.6 Å². The highest BCUT2D eigenvalue weighted by Crippen LogP contribution is 2.29. The maximum absolute atomic E-state index is 11.2. The van der Waals surface area contributed by atoms with E-state index in [1.165, 1.54) is 12.1 Å². The Hall–Kier alpha value is -3.29. The molecule has 0 saturated heterocycles. The molecule has 0 heterocycles. The molecule has 0 fully saturated rings. The Morgan fingerprint density at radius 3 is 2.40 bits per heavy atom. The molecule has 1 N–H and O–H groups in total. The summed E-state index contributed by atoms with van der Waals surface area (Å²) < 4.78 is 0. The van der Waals surface area contributed by atoms with Gasteiger partial charge in [-0.05, 0) is 24.5 Å². The molecule has 0 amide bonds. The van der Waals surface area contributed by atoms with Crippen LogP contribution >= 0.6 is 0 Å². The fraction of sp³-hybridized carbons (Fsp3) is 0.235. The quantitative estimate of drug-likeness (QED) is 0.431. The van der Waals surface area contributed by atoms with Crippen LogP contribution in [0.25, 0.3) is 0 Å². The highest BCUT2D eigenvalue weighted by Gasteiger charge is 2.19. The highest BCUT2D eigenvalue weighted by atomic mass is 16.6. The lowest BCUT2D eigenvalue weighted by atomic mass is 10.1. The second-order valence-corrected chi connectivity index (χ2v) is 5.36. The van der Waals surface area contributed by atoms with Crippen molar-refractivity contribution in [3.8, 4) is 0 Å². The number of benzene rings is 2. The molecule has 0 aliphatic rings. The maximum atomic E-state index is 11.2. The lowest BCUT2D eigenvalue weighted by Gasteiger charge is -2.08. The molecule has 2 aromatic rings. The van der Waals surface area contributed by atoms with Gasteiger partial charge in [0, 0.05) is 6.07 Å². The third kappa shape index (κ3) is 4.84. The standard InChI is InChI=1S/C17H18N4O4/c1-2-3-9-15(13-7-5-4-6-8-13)18-19-16-11-10-14(20(22)23)12-17(16)21(24)25/h4-8,10-12,19H,2-3,9H2,1H3. The van der Waals surface area contributed by atoms with E-state index in [0.29, 0.717) is 6.42 Å². The molecule has 0 spiro atoms. The van der Waals surface area contributed by atoms with Gasteiger partial charge < -0.3 is 0 Å². The summed E-state index contributed by atoms with van der Waals surface area (Å²) >= 11 is 0. The van der Waals surface area contributed by atoms with Crippen LogP contribution in [-0.4, -0.2) is 15.6 Å². The van der Waals surface area contributed by atoms with Crippen molar-refractivity contribution in [3.05, 3.63) is 74.3 Å². The Morgan fingerprint density at radius 2 is 1.80 bits per heavy atom. The number of hydrogen-bond acceptors (Lipinski definition) is 6. The number of nitro groups is 2. The van der Waals surface area contributed by atoms with Crippen molar-refractivity contribution in [1.82, 2.24) is 0 Å². The molecule has 8 nitrogen and oxygen atoms in total. The van der Waals surface area contributed by atoms with Gasteiger partial charge in [0.25, 0.3) is 5.69 Å². The minimum absolute atomic E-state index is 0.112. The van der Waals surface area contributed by atoms with Crippen molar-refractivity contribution < 1.29 is 9.85 Å². The summed E-state index contributed by atoms with van der Waals surface area (Å²) in [6.45, 7) is 2.07. The topological polar surface area (TPSA) is 111 Å². The summed E-state index contributed by atoms with van der Waals surface area (Å²) in [5, 5.41) is 26.3. The van der Waals surface area contributed by atoms with Gasteiger partial charge in [-0.3, -0.25) is 25.7 Å². The molecular formula is C17H18N4O4.